The van der Waals surface area contributed by atoms with E-state index in [0.717, 1.165) is 50.4 Å². The molecule has 1 aliphatic heterocycles. The second kappa shape index (κ2) is 7.24. The topological polar surface area (TPSA) is 53.3 Å². The number of nitrogens with zero attached hydrogens (tertiary/aromatic N) is 2. The van der Waals surface area contributed by atoms with Crippen LogP contribution in [0, 0.1) is 11.3 Å². The van der Waals surface area contributed by atoms with Crippen molar-refractivity contribution in [2.75, 3.05) is 31.2 Å². The highest BCUT2D eigenvalue weighted by molar-refractivity contribution is 5.79. The number of ketones is 1. The minimum atomic E-state index is 0.130. The van der Waals surface area contributed by atoms with Crippen molar-refractivity contribution in [2.24, 2.45) is 0 Å². The summed E-state index contributed by atoms with van der Waals surface area (Å²) in [7, 11) is 0. The predicted molar refractivity (Wildman–Crippen MR) is 82.6 cm³/mol. The van der Waals surface area contributed by atoms with E-state index < -0.39 is 0 Å². The Morgan fingerprint density at radius 3 is 2.95 bits per heavy atom. The van der Waals surface area contributed by atoms with Gasteiger partial charge in [0.25, 0.3) is 0 Å². The molecule has 4 nitrogen and oxygen atoms in total. The summed E-state index contributed by atoms with van der Waals surface area (Å²) in [6.45, 7) is 6.93. The van der Waals surface area contributed by atoms with E-state index in [2.05, 4.69) is 17.0 Å². The van der Waals surface area contributed by atoms with Gasteiger partial charge in [-0.3, -0.25) is 4.79 Å². The number of hydrogen-bond acceptors (Lipinski definition) is 4. The lowest BCUT2D eigenvalue weighted by Crippen LogP contribution is -2.23. The van der Waals surface area contributed by atoms with Crippen LogP contribution >= 0.6 is 0 Å². The molecule has 1 aromatic rings. The molecule has 1 aliphatic rings. The molecule has 0 atom stereocenters. The fraction of sp³-hybridized carbons (Fsp3) is 0.529. The summed E-state index contributed by atoms with van der Waals surface area (Å²) in [6.07, 6.45) is 2.32. The van der Waals surface area contributed by atoms with Crippen LogP contribution in [0.4, 0.5) is 5.69 Å². The van der Waals surface area contributed by atoms with E-state index in [-0.39, 0.29) is 5.78 Å². The molecule has 1 aromatic carbocycles. The molecule has 0 saturated heterocycles. The summed E-state index contributed by atoms with van der Waals surface area (Å²) >= 11 is 0. The Morgan fingerprint density at radius 1 is 1.48 bits per heavy atom. The number of anilines is 1. The van der Waals surface area contributed by atoms with E-state index in [0.29, 0.717) is 12.0 Å². The number of carbonyl (C=O) groups excluding carboxylic acids is 1. The van der Waals surface area contributed by atoms with Crippen LogP contribution < -0.4 is 4.90 Å². The van der Waals surface area contributed by atoms with Gasteiger partial charge in [-0.25, -0.2) is 0 Å². The van der Waals surface area contributed by atoms with E-state index in [4.69, 9.17) is 4.74 Å². The maximum absolute atomic E-state index is 11.3. The molecule has 0 aliphatic carbocycles. The molecule has 0 saturated carbocycles. The maximum atomic E-state index is 11.3. The fourth-order valence-electron chi connectivity index (χ4n) is 2.89. The Hall–Kier alpha value is -1.86. The Bertz CT molecular complexity index is 561. The number of nitriles is 1. The minimum absolute atomic E-state index is 0.130. The van der Waals surface area contributed by atoms with Crippen LogP contribution in [0.25, 0.3) is 0 Å². The molecular formula is C17H22N2O2. The van der Waals surface area contributed by atoms with Crippen LogP contribution in [0.1, 0.15) is 37.0 Å². The van der Waals surface area contributed by atoms with Crippen molar-refractivity contribution < 1.29 is 9.53 Å². The third kappa shape index (κ3) is 3.83. The molecular weight excluding hydrogens is 264 g/mol. The van der Waals surface area contributed by atoms with Crippen LogP contribution in [0.3, 0.4) is 0 Å². The van der Waals surface area contributed by atoms with Gasteiger partial charge in [0.1, 0.15) is 11.9 Å². The molecule has 0 fully saturated rings. The molecule has 0 spiro atoms. The number of benzene rings is 1. The summed E-state index contributed by atoms with van der Waals surface area (Å²) in [6, 6.07) is 6.23. The van der Waals surface area contributed by atoms with E-state index in [1.54, 1.807) is 6.92 Å². The number of Topliss-reactive ketones (excluding diaryl/α,β-unsaturated/α-hetero) is 1. The maximum Gasteiger partial charge on any atom is 0.134 e. The van der Waals surface area contributed by atoms with Gasteiger partial charge in [0.05, 0.1) is 11.3 Å². The zero-order valence-electron chi connectivity index (χ0n) is 12.8. The number of carbonyl (C=O) groups is 1. The quantitative estimate of drug-likeness (QED) is 0.723. The lowest BCUT2D eigenvalue weighted by Gasteiger charge is -2.20. The summed E-state index contributed by atoms with van der Waals surface area (Å²) < 4.78 is 5.37. The van der Waals surface area contributed by atoms with Gasteiger partial charge in [0.2, 0.25) is 0 Å². The Labute approximate surface area is 126 Å². The van der Waals surface area contributed by atoms with Gasteiger partial charge in [-0.05, 0) is 43.9 Å². The first kappa shape index (κ1) is 15.5. The molecule has 0 N–H and O–H groups in total. The molecule has 0 aromatic heterocycles. The van der Waals surface area contributed by atoms with Gasteiger partial charge in [0, 0.05) is 32.7 Å². The van der Waals surface area contributed by atoms with Crippen LogP contribution in [-0.2, 0) is 22.4 Å². The normalized spacial score (nSPS) is 13.1. The zero-order chi connectivity index (χ0) is 15.2. The smallest absolute Gasteiger partial charge is 0.134 e. The molecule has 112 valence electrons. The highest BCUT2D eigenvalue weighted by Gasteiger charge is 2.23. The molecule has 0 bridgehead atoms. The van der Waals surface area contributed by atoms with Crippen molar-refractivity contribution in [3.63, 3.8) is 0 Å². The lowest BCUT2D eigenvalue weighted by molar-refractivity contribution is -0.116. The van der Waals surface area contributed by atoms with Crippen LogP contribution in [0.5, 0.6) is 0 Å². The third-order valence-electron chi connectivity index (χ3n) is 3.71. The fourth-order valence-corrected chi connectivity index (χ4v) is 2.89. The van der Waals surface area contributed by atoms with Crippen molar-refractivity contribution in [1.29, 1.82) is 5.26 Å². The van der Waals surface area contributed by atoms with Crippen LogP contribution in [-0.4, -0.2) is 32.1 Å². The summed E-state index contributed by atoms with van der Waals surface area (Å²) in [5.41, 5.74) is 3.90. The molecule has 21 heavy (non-hydrogen) atoms. The van der Waals surface area contributed by atoms with Gasteiger partial charge < -0.3 is 9.64 Å². The first-order valence-corrected chi connectivity index (χ1v) is 7.53. The molecule has 0 radical (unpaired) electrons. The van der Waals surface area contributed by atoms with Gasteiger partial charge in [0.15, 0.2) is 0 Å². The molecule has 0 amide bonds. The summed E-state index contributed by atoms with van der Waals surface area (Å²) in [4.78, 5) is 13.5. The SMILES string of the molecule is CCOCCCN1CCc2cc(CC(C)=O)cc(C#N)c21. The Kier molecular flexibility index (Phi) is 5.35. The van der Waals surface area contributed by atoms with E-state index in [1.165, 1.54) is 5.56 Å². The number of hydrogen-bond donors (Lipinski definition) is 0. The molecule has 0 unspecified atom stereocenters. The second-order valence-electron chi connectivity index (χ2n) is 5.43. The summed E-state index contributed by atoms with van der Waals surface area (Å²) in [5.74, 6) is 0.130. The predicted octanol–water partition coefficient (Wildman–Crippen LogP) is 2.48. The largest absolute Gasteiger partial charge is 0.382 e. The lowest BCUT2D eigenvalue weighted by atomic mass is 10.0. The van der Waals surface area contributed by atoms with Gasteiger partial charge in [-0.15, -0.1) is 0 Å². The van der Waals surface area contributed by atoms with Crippen molar-refractivity contribution in [3.05, 3.63) is 28.8 Å². The monoisotopic (exact) mass is 286 g/mol. The number of rotatable bonds is 7. The molecule has 1 heterocycles. The van der Waals surface area contributed by atoms with Crippen molar-refractivity contribution in [3.8, 4) is 6.07 Å². The first-order chi connectivity index (χ1) is 10.2. The van der Waals surface area contributed by atoms with Crippen LogP contribution in [0.15, 0.2) is 12.1 Å². The third-order valence-corrected chi connectivity index (χ3v) is 3.71. The standard InChI is InChI=1S/C17H22N2O2/c1-3-21-8-4-6-19-7-5-15-10-14(9-13(2)20)11-16(12-18)17(15)19/h10-11H,3-9H2,1-2H3. The van der Waals surface area contributed by atoms with E-state index in [1.807, 2.05) is 13.0 Å². The summed E-state index contributed by atoms with van der Waals surface area (Å²) in [5, 5.41) is 9.40. The first-order valence-electron chi connectivity index (χ1n) is 7.53. The van der Waals surface area contributed by atoms with Crippen molar-refractivity contribution in [2.45, 2.75) is 33.1 Å². The highest BCUT2D eigenvalue weighted by Crippen LogP contribution is 2.33. The Morgan fingerprint density at radius 2 is 2.29 bits per heavy atom. The average Bonchev–Trinajstić information content (AvgIpc) is 2.85. The van der Waals surface area contributed by atoms with Crippen molar-refractivity contribution >= 4 is 11.5 Å². The van der Waals surface area contributed by atoms with E-state index >= 15 is 0 Å². The number of ether oxygens (including phenoxy) is 1. The number of fused-ring (bicyclic) bond motifs is 1. The molecule has 2 rings (SSSR count). The minimum Gasteiger partial charge on any atom is -0.382 e. The Balaban J connectivity index is 2.15. The van der Waals surface area contributed by atoms with Gasteiger partial charge in [-0.1, -0.05) is 6.07 Å². The van der Waals surface area contributed by atoms with Crippen molar-refractivity contribution in [1.82, 2.24) is 0 Å². The van der Waals surface area contributed by atoms with E-state index in [9.17, 15) is 10.1 Å². The second-order valence-corrected chi connectivity index (χ2v) is 5.43. The zero-order valence-corrected chi connectivity index (χ0v) is 12.8. The average molecular weight is 286 g/mol. The van der Waals surface area contributed by atoms with Gasteiger partial charge in [-0.2, -0.15) is 5.26 Å². The highest BCUT2D eigenvalue weighted by atomic mass is 16.5. The van der Waals surface area contributed by atoms with Crippen LogP contribution in [0.2, 0.25) is 0 Å². The molecule has 4 heteroatoms. The van der Waals surface area contributed by atoms with Gasteiger partial charge >= 0.3 is 0 Å².